The number of nitrogens with one attached hydrogen (secondary N) is 2. The molecule has 2 aliphatic carbocycles. The van der Waals surface area contributed by atoms with Gasteiger partial charge in [0.15, 0.2) is 0 Å². The Labute approximate surface area is 108 Å². The Morgan fingerprint density at radius 2 is 2.11 bits per heavy atom. The van der Waals surface area contributed by atoms with Gasteiger partial charge in [0.25, 0.3) is 5.91 Å². The number of carbonyl (C=O) groups is 1. The largest absolute Gasteiger partial charge is 0.349 e. The van der Waals surface area contributed by atoms with Crippen LogP contribution < -0.4 is 10.6 Å². The highest BCUT2D eigenvalue weighted by Crippen LogP contribution is 2.32. The maximum atomic E-state index is 12.1. The maximum absolute atomic E-state index is 12.1. The Morgan fingerprint density at radius 1 is 1.28 bits per heavy atom. The van der Waals surface area contributed by atoms with E-state index in [2.05, 4.69) is 15.2 Å². The molecule has 98 valence electrons. The van der Waals surface area contributed by atoms with E-state index in [-0.39, 0.29) is 5.91 Å². The molecule has 3 rings (SSSR count). The maximum Gasteiger partial charge on any atom is 0.267 e. The second-order valence-corrected chi connectivity index (χ2v) is 5.37. The van der Waals surface area contributed by atoms with E-state index in [1.54, 1.807) is 0 Å². The lowest BCUT2D eigenvalue weighted by molar-refractivity contribution is 0.0939. The number of carbonyl (C=O) groups excluding carboxylic acids is 1. The number of rotatable bonds is 6. The van der Waals surface area contributed by atoms with E-state index in [0.29, 0.717) is 18.6 Å². The van der Waals surface area contributed by atoms with Gasteiger partial charge in [-0.1, -0.05) is 0 Å². The summed E-state index contributed by atoms with van der Waals surface area (Å²) in [6, 6.07) is 5.14. The Hall–Kier alpha value is -1.29. The summed E-state index contributed by atoms with van der Waals surface area (Å²) < 4.78 is 2.13. The lowest BCUT2D eigenvalue weighted by atomic mass is 9.93. The molecule has 2 N–H and O–H groups in total. The molecule has 0 unspecified atom stereocenters. The first-order valence-corrected chi connectivity index (χ1v) is 7.03. The van der Waals surface area contributed by atoms with Crippen LogP contribution in [0.25, 0.3) is 0 Å². The number of hydrogen-bond acceptors (Lipinski definition) is 2. The summed E-state index contributed by atoms with van der Waals surface area (Å²) in [5, 5.41) is 6.38. The zero-order chi connectivity index (χ0) is 12.4. The van der Waals surface area contributed by atoms with Crippen molar-refractivity contribution in [2.75, 3.05) is 13.1 Å². The molecule has 4 nitrogen and oxygen atoms in total. The van der Waals surface area contributed by atoms with Crippen LogP contribution >= 0.6 is 0 Å². The van der Waals surface area contributed by atoms with E-state index < -0.39 is 0 Å². The molecule has 0 spiro atoms. The van der Waals surface area contributed by atoms with Gasteiger partial charge in [0, 0.05) is 31.4 Å². The van der Waals surface area contributed by atoms with Crippen LogP contribution in [0, 0.1) is 0 Å². The minimum atomic E-state index is 0.0597. The van der Waals surface area contributed by atoms with Crippen LogP contribution in [0.5, 0.6) is 0 Å². The van der Waals surface area contributed by atoms with Crippen molar-refractivity contribution in [1.82, 2.24) is 15.2 Å². The van der Waals surface area contributed by atoms with Gasteiger partial charge in [0.05, 0.1) is 0 Å². The molecular weight excluding hydrogens is 226 g/mol. The summed E-state index contributed by atoms with van der Waals surface area (Å²) in [5.41, 5.74) is 0.811. The lowest BCUT2D eigenvalue weighted by Gasteiger charge is -2.28. The van der Waals surface area contributed by atoms with Crippen molar-refractivity contribution in [3.8, 4) is 0 Å². The molecule has 1 aromatic heterocycles. The summed E-state index contributed by atoms with van der Waals surface area (Å²) in [7, 11) is 0. The second-order valence-electron chi connectivity index (χ2n) is 5.37. The molecular formula is C14H21N3O. The first-order valence-electron chi connectivity index (χ1n) is 7.03. The highest BCUT2D eigenvalue weighted by molar-refractivity contribution is 5.92. The number of nitrogens with zero attached hydrogens (tertiary/aromatic N) is 1. The number of aromatic nitrogens is 1. The Balaban J connectivity index is 1.49. The van der Waals surface area contributed by atoms with Gasteiger partial charge in [0.2, 0.25) is 0 Å². The minimum absolute atomic E-state index is 0.0597. The molecule has 18 heavy (non-hydrogen) atoms. The zero-order valence-electron chi connectivity index (χ0n) is 10.7. The quantitative estimate of drug-likeness (QED) is 0.752. The summed E-state index contributed by atoms with van der Waals surface area (Å²) in [5.74, 6) is 0.0597. The first kappa shape index (κ1) is 11.8. The Bertz CT molecular complexity index is 418. The highest BCUT2D eigenvalue weighted by Gasteiger charge is 2.23. The summed E-state index contributed by atoms with van der Waals surface area (Å²) in [6.45, 7) is 1.59. The van der Waals surface area contributed by atoms with E-state index in [1.807, 2.05) is 18.3 Å². The van der Waals surface area contributed by atoms with Crippen molar-refractivity contribution < 1.29 is 4.79 Å². The summed E-state index contributed by atoms with van der Waals surface area (Å²) in [6.07, 6.45) is 8.31. The van der Waals surface area contributed by atoms with Gasteiger partial charge in [-0.25, -0.2) is 0 Å². The highest BCUT2D eigenvalue weighted by atomic mass is 16.1. The van der Waals surface area contributed by atoms with Gasteiger partial charge in [-0.2, -0.15) is 0 Å². The standard InChI is InChI=1S/C14H21N3O/c18-14(16-9-8-15-11-6-7-11)13-5-2-10-17(13)12-3-1-4-12/h2,5,10-12,15H,1,3-4,6-9H2,(H,16,18). The van der Waals surface area contributed by atoms with Gasteiger partial charge in [-0.3, -0.25) is 4.79 Å². The first-order chi connectivity index (χ1) is 8.84. The number of hydrogen-bond donors (Lipinski definition) is 2. The van der Waals surface area contributed by atoms with E-state index in [4.69, 9.17) is 0 Å². The third-order valence-corrected chi connectivity index (χ3v) is 3.90. The molecule has 0 saturated heterocycles. The van der Waals surface area contributed by atoms with Crippen molar-refractivity contribution in [2.45, 2.75) is 44.2 Å². The summed E-state index contributed by atoms with van der Waals surface area (Å²) in [4.78, 5) is 12.1. The molecule has 0 atom stereocenters. The van der Waals surface area contributed by atoms with Crippen LogP contribution in [0.1, 0.15) is 48.6 Å². The van der Waals surface area contributed by atoms with Crippen molar-refractivity contribution in [3.63, 3.8) is 0 Å². The molecule has 0 bridgehead atoms. The molecule has 4 heteroatoms. The fraction of sp³-hybridized carbons (Fsp3) is 0.643. The molecule has 1 heterocycles. The molecule has 2 fully saturated rings. The van der Waals surface area contributed by atoms with Crippen molar-refractivity contribution >= 4 is 5.91 Å². The number of amides is 1. The zero-order valence-corrected chi connectivity index (χ0v) is 10.7. The fourth-order valence-corrected chi connectivity index (χ4v) is 2.40. The predicted molar refractivity (Wildman–Crippen MR) is 70.7 cm³/mol. The summed E-state index contributed by atoms with van der Waals surface area (Å²) >= 11 is 0. The van der Waals surface area contributed by atoms with Gasteiger partial charge >= 0.3 is 0 Å². The Morgan fingerprint density at radius 3 is 2.78 bits per heavy atom. The van der Waals surface area contributed by atoms with E-state index in [1.165, 1.54) is 32.1 Å². The van der Waals surface area contributed by atoms with Crippen molar-refractivity contribution in [3.05, 3.63) is 24.0 Å². The molecule has 2 aliphatic rings. The fourth-order valence-electron chi connectivity index (χ4n) is 2.40. The smallest absolute Gasteiger partial charge is 0.267 e. The van der Waals surface area contributed by atoms with E-state index >= 15 is 0 Å². The molecule has 2 saturated carbocycles. The van der Waals surface area contributed by atoms with Gasteiger partial charge in [-0.05, 0) is 44.2 Å². The third kappa shape index (κ3) is 2.58. The van der Waals surface area contributed by atoms with Crippen LogP contribution in [0.15, 0.2) is 18.3 Å². The Kier molecular flexibility index (Phi) is 3.37. The van der Waals surface area contributed by atoms with Crippen LogP contribution in [-0.2, 0) is 0 Å². The van der Waals surface area contributed by atoms with Gasteiger partial charge in [0.1, 0.15) is 5.69 Å². The average molecular weight is 247 g/mol. The van der Waals surface area contributed by atoms with Crippen LogP contribution in [0.3, 0.4) is 0 Å². The third-order valence-electron chi connectivity index (χ3n) is 3.90. The van der Waals surface area contributed by atoms with Crippen molar-refractivity contribution in [1.29, 1.82) is 0 Å². The van der Waals surface area contributed by atoms with Gasteiger partial charge < -0.3 is 15.2 Å². The van der Waals surface area contributed by atoms with E-state index in [9.17, 15) is 4.79 Å². The monoisotopic (exact) mass is 247 g/mol. The molecule has 1 amide bonds. The van der Waals surface area contributed by atoms with Gasteiger partial charge in [-0.15, -0.1) is 0 Å². The molecule has 0 aliphatic heterocycles. The molecule has 0 radical (unpaired) electrons. The van der Waals surface area contributed by atoms with Crippen LogP contribution in [0.4, 0.5) is 0 Å². The van der Waals surface area contributed by atoms with Crippen molar-refractivity contribution in [2.24, 2.45) is 0 Å². The average Bonchev–Trinajstić information content (AvgIpc) is 3.00. The van der Waals surface area contributed by atoms with E-state index in [0.717, 1.165) is 12.2 Å². The normalized spacial score (nSPS) is 19.6. The predicted octanol–water partition coefficient (Wildman–Crippen LogP) is 1.69. The van der Waals surface area contributed by atoms with Crippen LogP contribution in [0.2, 0.25) is 0 Å². The molecule has 1 aromatic rings. The lowest BCUT2D eigenvalue weighted by Crippen LogP contribution is -2.34. The SMILES string of the molecule is O=C(NCCNC1CC1)c1cccn1C1CCC1. The minimum Gasteiger partial charge on any atom is -0.349 e. The molecule has 0 aromatic carbocycles. The topological polar surface area (TPSA) is 46.1 Å². The van der Waals surface area contributed by atoms with Crippen LogP contribution in [-0.4, -0.2) is 29.6 Å². The second kappa shape index (κ2) is 5.14.